The van der Waals surface area contributed by atoms with Gasteiger partial charge in [-0.3, -0.25) is 0 Å². The van der Waals surface area contributed by atoms with Gasteiger partial charge in [0.2, 0.25) is 0 Å². The minimum Gasteiger partial charge on any atom is -0.370 e. The molecule has 0 unspecified atom stereocenters. The molecule has 1 aromatic carbocycles. The van der Waals surface area contributed by atoms with Crippen LogP contribution in [0.5, 0.6) is 0 Å². The largest absolute Gasteiger partial charge is 0.370 e. The summed E-state index contributed by atoms with van der Waals surface area (Å²) in [5.41, 5.74) is 0.830. The molecule has 2 N–H and O–H groups in total. The van der Waals surface area contributed by atoms with Crippen LogP contribution in [0.1, 0.15) is 6.42 Å². The standard InChI is InChI=1S/C15H20ClN5/c1-21(2)9-5-8-17-14-10-15(19-11-18-14)20-13-7-4-3-6-12(13)16/h3-4,6-7,10-11H,5,8-9H2,1-2H3,(H2,17,18,19,20). The minimum absolute atomic E-state index is 0.664. The summed E-state index contributed by atoms with van der Waals surface area (Å²) in [4.78, 5) is 10.6. The number of rotatable bonds is 7. The Hall–Kier alpha value is -1.85. The summed E-state index contributed by atoms with van der Waals surface area (Å²) in [7, 11) is 4.13. The summed E-state index contributed by atoms with van der Waals surface area (Å²) in [5, 5.41) is 7.14. The van der Waals surface area contributed by atoms with E-state index in [2.05, 4.69) is 39.6 Å². The van der Waals surface area contributed by atoms with Crippen LogP contribution in [0.25, 0.3) is 0 Å². The number of aromatic nitrogens is 2. The predicted molar refractivity (Wildman–Crippen MR) is 88.4 cm³/mol. The van der Waals surface area contributed by atoms with Crippen molar-refractivity contribution < 1.29 is 0 Å². The molecule has 0 aliphatic heterocycles. The van der Waals surface area contributed by atoms with Gasteiger partial charge in [-0.05, 0) is 39.2 Å². The SMILES string of the molecule is CN(C)CCCNc1cc(Nc2ccccc2Cl)ncn1. The third-order valence-electron chi connectivity index (χ3n) is 2.89. The lowest BCUT2D eigenvalue weighted by molar-refractivity contribution is 0.405. The number of nitrogens with one attached hydrogen (secondary N) is 2. The van der Waals surface area contributed by atoms with E-state index in [9.17, 15) is 0 Å². The average molecular weight is 306 g/mol. The second-order valence-electron chi connectivity index (χ2n) is 4.98. The zero-order chi connectivity index (χ0) is 15.1. The highest BCUT2D eigenvalue weighted by Gasteiger charge is 2.02. The first kappa shape index (κ1) is 15.5. The van der Waals surface area contributed by atoms with Crippen molar-refractivity contribution in [1.82, 2.24) is 14.9 Å². The van der Waals surface area contributed by atoms with Gasteiger partial charge in [0.05, 0.1) is 10.7 Å². The van der Waals surface area contributed by atoms with Gasteiger partial charge in [0, 0.05) is 12.6 Å². The van der Waals surface area contributed by atoms with Crippen LogP contribution in [0.3, 0.4) is 0 Å². The highest BCUT2D eigenvalue weighted by atomic mass is 35.5. The van der Waals surface area contributed by atoms with Crippen molar-refractivity contribution in [3.8, 4) is 0 Å². The van der Waals surface area contributed by atoms with E-state index in [-0.39, 0.29) is 0 Å². The lowest BCUT2D eigenvalue weighted by Crippen LogP contribution is -2.16. The summed E-state index contributed by atoms with van der Waals surface area (Å²) in [5.74, 6) is 1.52. The first-order valence-corrected chi connectivity index (χ1v) is 7.25. The predicted octanol–water partition coefficient (Wildman–Crippen LogP) is 3.24. The van der Waals surface area contributed by atoms with Gasteiger partial charge in [-0.15, -0.1) is 0 Å². The summed E-state index contributed by atoms with van der Waals surface area (Å²) in [6.07, 6.45) is 2.59. The highest BCUT2D eigenvalue weighted by molar-refractivity contribution is 6.33. The molecule has 0 aliphatic rings. The maximum absolute atomic E-state index is 6.12. The molecule has 1 aromatic heterocycles. The molecule has 2 rings (SSSR count). The van der Waals surface area contributed by atoms with E-state index in [1.54, 1.807) is 0 Å². The van der Waals surface area contributed by atoms with E-state index in [0.29, 0.717) is 10.8 Å². The topological polar surface area (TPSA) is 53.1 Å². The number of nitrogens with zero attached hydrogens (tertiary/aromatic N) is 3. The van der Waals surface area contributed by atoms with Gasteiger partial charge in [-0.2, -0.15) is 0 Å². The molecule has 0 atom stereocenters. The fourth-order valence-corrected chi connectivity index (χ4v) is 2.02. The second kappa shape index (κ2) is 7.81. The number of anilines is 3. The number of para-hydroxylation sites is 1. The third kappa shape index (κ3) is 5.21. The summed E-state index contributed by atoms with van der Waals surface area (Å²) < 4.78 is 0. The number of halogens is 1. The lowest BCUT2D eigenvalue weighted by Gasteiger charge is -2.11. The van der Waals surface area contributed by atoms with Crippen molar-refractivity contribution in [3.63, 3.8) is 0 Å². The van der Waals surface area contributed by atoms with Crippen molar-refractivity contribution in [2.75, 3.05) is 37.8 Å². The van der Waals surface area contributed by atoms with Gasteiger partial charge < -0.3 is 15.5 Å². The van der Waals surface area contributed by atoms with Crippen LogP contribution >= 0.6 is 11.6 Å². The van der Waals surface area contributed by atoms with Crippen LogP contribution in [0.2, 0.25) is 5.02 Å². The third-order valence-corrected chi connectivity index (χ3v) is 3.22. The molecule has 112 valence electrons. The van der Waals surface area contributed by atoms with Crippen molar-refractivity contribution in [2.45, 2.75) is 6.42 Å². The van der Waals surface area contributed by atoms with Crippen molar-refractivity contribution in [3.05, 3.63) is 41.7 Å². The lowest BCUT2D eigenvalue weighted by atomic mass is 10.3. The summed E-state index contributed by atoms with van der Waals surface area (Å²) >= 11 is 6.12. The van der Waals surface area contributed by atoms with Gasteiger partial charge >= 0.3 is 0 Å². The normalized spacial score (nSPS) is 10.7. The van der Waals surface area contributed by atoms with E-state index in [1.807, 2.05) is 30.3 Å². The van der Waals surface area contributed by atoms with E-state index < -0.39 is 0 Å². The second-order valence-corrected chi connectivity index (χ2v) is 5.38. The number of hydrogen-bond donors (Lipinski definition) is 2. The Balaban J connectivity index is 1.93. The molecular formula is C15H20ClN5. The van der Waals surface area contributed by atoms with E-state index in [1.165, 1.54) is 6.33 Å². The smallest absolute Gasteiger partial charge is 0.135 e. The van der Waals surface area contributed by atoms with E-state index in [4.69, 9.17) is 11.6 Å². The molecule has 5 nitrogen and oxygen atoms in total. The molecule has 21 heavy (non-hydrogen) atoms. The van der Waals surface area contributed by atoms with Gasteiger partial charge in [0.25, 0.3) is 0 Å². The fraction of sp³-hybridized carbons (Fsp3) is 0.333. The van der Waals surface area contributed by atoms with Gasteiger partial charge in [0.1, 0.15) is 18.0 Å². The van der Waals surface area contributed by atoms with Crippen LogP contribution in [0.15, 0.2) is 36.7 Å². The first-order chi connectivity index (χ1) is 10.1. The molecular weight excluding hydrogens is 286 g/mol. The Kier molecular flexibility index (Phi) is 5.78. The Morgan fingerprint density at radius 2 is 1.90 bits per heavy atom. The van der Waals surface area contributed by atoms with Crippen LogP contribution in [-0.4, -0.2) is 42.1 Å². The number of benzene rings is 1. The van der Waals surface area contributed by atoms with Gasteiger partial charge in [-0.25, -0.2) is 9.97 Å². The highest BCUT2D eigenvalue weighted by Crippen LogP contribution is 2.24. The van der Waals surface area contributed by atoms with Crippen molar-refractivity contribution >= 4 is 28.9 Å². The van der Waals surface area contributed by atoms with Gasteiger partial charge in [-0.1, -0.05) is 23.7 Å². The zero-order valence-electron chi connectivity index (χ0n) is 12.3. The van der Waals surface area contributed by atoms with Gasteiger partial charge in [0.15, 0.2) is 0 Å². The first-order valence-electron chi connectivity index (χ1n) is 6.87. The number of hydrogen-bond acceptors (Lipinski definition) is 5. The molecule has 6 heteroatoms. The Bertz CT molecular complexity index is 573. The van der Waals surface area contributed by atoms with Crippen molar-refractivity contribution in [1.29, 1.82) is 0 Å². The molecule has 0 spiro atoms. The maximum atomic E-state index is 6.12. The zero-order valence-corrected chi connectivity index (χ0v) is 13.1. The van der Waals surface area contributed by atoms with Crippen LogP contribution in [0, 0.1) is 0 Å². The van der Waals surface area contributed by atoms with Crippen LogP contribution in [-0.2, 0) is 0 Å². The molecule has 0 amide bonds. The molecule has 2 aromatic rings. The average Bonchev–Trinajstić information content (AvgIpc) is 2.46. The van der Waals surface area contributed by atoms with Crippen molar-refractivity contribution in [2.24, 2.45) is 0 Å². The molecule has 0 radical (unpaired) electrons. The van der Waals surface area contributed by atoms with E-state index in [0.717, 1.165) is 31.0 Å². The van der Waals surface area contributed by atoms with E-state index >= 15 is 0 Å². The quantitative estimate of drug-likeness (QED) is 0.769. The molecule has 0 aliphatic carbocycles. The minimum atomic E-state index is 0.664. The summed E-state index contributed by atoms with van der Waals surface area (Å²) in [6, 6.07) is 9.44. The Labute approximate surface area is 130 Å². The summed E-state index contributed by atoms with van der Waals surface area (Å²) in [6.45, 7) is 1.92. The van der Waals surface area contributed by atoms with Crippen LogP contribution < -0.4 is 10.6 Å². The molecule has 1 heterocycles. The Morgan fingerprint density at radius 3 is 2.67 bits per heavy atom. The molecule has 0 saturated carbocycles. The molecule has 0 fully saturated rings. The molecule has 0 saturated heterocycles. The maximum Gasteiger partial charge on any atom is 0.135 e. The fourth-order valence-electron chi connectivity index (χ4n) is 1.83. The van der Waals surface area contributed by atoms with Crippen LogP contribution in [0.4, 0.5) is 17.3 Å². The Morgan fingerprint density at radius 1 is 1.14 bits per heavy atom. The monoisotopic (exact) mass is 305 g/mol. The molecule has 0 bridgehead atoms.